The van der Waals surface area contributed by atoms with Crippen LogP contribution in [0, 0.1) is 12.7 Å². The Balaban J connectivity index is 2.63. The van der Waals surface area contributed by atoms with Crippen molar-refractivity contribution in [1.82, 2.24) is 0 Å². The molecule has 0 saturated heterocycles. The van der Waals surface area contributed by atoms with Crippen molar-refractivity contribution < 1.29 is 14.2 Å². The van der Waals surface area contributed by atoms with Crippen molar-refractivity contribution in [1.29, 1.82) is 0 Å². The smallest absolute Gasteiger partial charge is 0.167 e. The topological polar surface area (TPSA) is 29.5 Å². The Kier molecular flexibility index (Phi) is 3.89. The summed E-state index contributed by atoms with van der Waals surface area (Å²) in [6.07, 6.45) is 0.0721. The third kappa shape index (κ3) is 2.70. The number of aliphatic hydroxyl groups is 1. The monoisotopic (exact) mass is 198 g/mol. The number of rotatable bonds is 4. The van der Waals surface area contributed by atoms with Gasteiger partial charge >= 0.3 is 0 Å². The Morgan fingerprint density at radius 1 is 1.50 bits per heavy atom. The first-order valence-corrected chi connectivity index (χ1v) is 4.71. The molecule has 0 spiro atoms. The molecule has 3 heteroatoms. The van der Waals surface area contributed by atoms with Crippen LogP contribution >= 0.6 is 0 Å². The van der Waals surface area contributed by atoms with Crippen LogP contribution in [0.3, 0.4) is 0 Å². The first-order valence-electron chi connectivity index (χ1n) is 4.71. The number of ether oxygens (including phenoxy) is 1. The molecule has 2 nitrogen and oxygen atoms in total. The molecule has 0 aliphatic rings. The van der Waals surface area contributed by atoms with Crippen LogP contribution in [0.4, 0.5) is 4.39 Å². The number of hydrogen-bond donors (Lipinski definition) is 1. The van der Waals surface area contributed by atoms with E-state index in [9.17, 15) is 9.50 Å². The van der Waals surface area contributed by atoms with Gasteiger partial charge in [-0.25, -0.2) is 4.39 Å². The number of aliphatic hydroxyl groups excluding tert-OH is 1. The van der Waals surface area contributed by atoms with Crippen LogP contribution in [0.15, 0.2) is 18.2 Å². The van der Waals surface area contributed by atoms with Crippen molar-refractivity contribution in [2.24, 2.45) is 0 Å². The van der Waals surface area contributed by atoms with Crippen molar-refractivity contribution >= 4 is 0 Å². The number of benzene rings is 1. The van der Waals surface area contributed by atoms with Crippen LogP contribution in [0.25, 0.3) is 0 Å². The largest absolute Gasteiger partial charge is 0.488 e. The maximum Gasteiger partial charge on any atom is 0.167 e. The van der Waals surface area contributed by atoms with Gasteiger partial charge in [0.1, 0.15) is 6.61 Å². The average molecular weight is 198 g/mol. The molecule has 1 N–H and O–H groups in total. The van der Waals surface area contributed by atoms with Crippen LogP contribution in [0.5, 0.6) is 5.75 Å². The molecule has 0 aromatic heterocycles. The standard InChI is InChI=1S/C11H15FO2/c1-3-9(13)7-14-10-6-4-5-8(2)11(10)12/h4-6,9,13H,3,7H2,1-2H3. The first kappa shape index (κ1) is 11.0. The number of halogens is 1. The molecule has 0 heterocycles. The summed E-state index contributed by atoms with van der Waals surface area (Å²) >= 11 is 0. The highest BCUT2D eigenvalue weighted by Gasteiger charge is 2.07. The van der Waals surface area contributed by atoms with Gasteiger partial charge in [-0.15, -0.1) is 0 Å². The maximum absolute atomic E-state index is 13.3. The lowest BCUT2D eigenvalue weighted by Crippen LogP contribution is -2.16. The van der Waals surface area contributed by atoms with Gasteiger partial charge in [-0.3, -0.25) is 0 Å². The molecular formula is C11H15FO2. The highest BCUT2D eigenvalue weighted by atomic mass is 19.1. The first-order chi connectivity index (χ1) is 6.65. The minimum Gasteiger partial charge on any atom is -0.488 e. The zero-order chi connectivity index (χ0) is 10.6. The van der Waals surface area contributed by atoms with Gasteiger partial charge in [-0.2, -0.15) is 0 Å². The van der Waals surface area contributed by atoms with E-state index in [1.165, 1.54) is 0 Å². The molecule has 1 aromatic carbocycles. The summed E-state index contributed by atoms with van der Waals surface area (Å²) in [6, 6.07) is 4.97. The lowest BCUT2D eigenvalue weighted by atomic mass is 10.2. The summed E-state index contributed by atoms with van der Waals surface area (Å²) in [7, 11) is 0. The second-order valence-corrected chi connectivity index (χ2v) is 3.26. The van der Waals surface area contributed by atoms with Crippen molar-refractivity contribution in [3.63, 3.8) is 0 Å². The molecule has 1 unspecified atom stereocenters. The Morgan fingerprint density at radius 2 is 2.21 bits per heavy atom. The van der Waals surface area contributed by atoms with Gasteiger partial charge in [0.2, 0.25) is 0 Å². The molecule has 0 bridgehead atoms. The summed E-state index contributed by atoms with van der Waals surface area (Å²) < 4.78 is 18.5. The lowest BCUT2D eigenvalue weighted by Gasteiger charge is -2.11. The van der Waals surface area contributed by atoms with Gasteiger partial charge in [0.25, 0.3) is 0 Å². The van der Waals surface area contributed by atoms with Gasteiger partial charge in [0.15, 0.2) is 11.6 Å². The Bertz CT molecular complexity index is 299. The van der Waals surface area contributed by atoms with Crippen LogP contribution < -0.4 is 4.74 Å². The van der Waals surface area contributed by atoms with E-state index in [4.69, 9.17) is 4.74 Å². The van der Waals surface area contributed by atoms with E-state index in [1.807, 2.05) is 6.92 Å². The Labute approximate surface area is 83.3 Å². The second-order valence-electron chi connectivity index (χ2n) is 3.26. The van der Waals surface area contributed by atoms with Gasteiger partial charge in [-0.05, 0) is 25.0 Å². The molecule has 0 saturated carbocycles. The third-order valence-corrected chi connectivity index (χ3v) is 2.06. The summed E-state index contributed by atoms with van der Waals surface area (Å²) in [5, 5.41) is 9.23. The SMILES string of the molecule is CCC(O)COc1cccc(C)c1F. The van der Waals surface area contributed by atoms with Crippen molar-refractivity contribution in [2.45, 2.75) is 26.4 Å². The zero-order valence-electron chi connectivity index (χ0n) is 8.46. The normalized spacial score (nSPS) is 12.6. The minimum absolute atomic E-state index is 0.136. The zero-order valence-corrected chi connectivity index (χ0v) is 8.46. The average Bonchev–Trinajstić information content (AvgIpc) is 2.20. The summed E-state index contributed by atoms with van der Waals surface area (Å²) in [4.78, 5) is 0. The Hall–Kier alpha value is -1.09. The number of hydrogen-bond acceptors (Lipinski definition) is 2. The fourth-order valence-corrected chi connectivity index (χ4v) is 1.04. The van der Waals surface area contributed by atoms with Crippen molar-refractivity contribution in [3.8, 4) is 5.75 Å². The second kappa shape index (κ2) is 4.96. The fraction of sp³-hybridized carbons (Fsp3) is 0.455. The van der Waals surface area contributed by atoms with Gasteiger partial charge < -0.3 is 9.84 Å². The maximum atomic E-state index is 13.3. The van der Waals surface area contributed by atoms with E-state index in [0.29, 0.717) is 12.0 Å². The van der Waals surface area contributed by atoms with E-state index in [-0.39, 0.29) is 18.2 Å². The molecule has 1 atom stereocenters. The summed E-state index contributed by atoms with van der Waals surface area (Å²) in [5.41, 5.74) is 0.550. The van der Waals surface area contributed by atoms with Crippen LogP contribution in [0.1, 0.15) is 18.9 Å². The van der Waals surface area contributed by atoms with Crippen LogP contribution in [-0.4, -0.2) is 17.8 Å². The molecule has 1 rings (SSSR count). The molecule has 14 heavy (non-hydrogen) atoms. The molecule has 0 fully saturated rings. The molecular weight excluding hydrogens is 183 g/mol. The summed E-state index contributed by atoms with van der Waals surface area (Å²) in [6.45, 7) is 3.66. The fourth-order valence-electron chi connectivity index (χ4n) is 1.04. The van der Waals surface area contributed by atoms with Crippen LogP contribution in [-0.2, 0) is 0 Å². The predicted octanol–water partition coefficient (Wildman–Crippen LogP) is 2.28. The Morgan fingerprint density at radius 3 is 2.86 bits per heavy atom. The highest BCUT2D eigenvalue weighted by Crippen LogP contribution is 2.19. The van der Waals surface area contributed by atoms with E-state index >= 15 is 0 Å². The third-order valence-electron chi connectivity index (χ3n) is 2.06. The van der Waals surface area contributed by atoms with E-state index in [2.05, 4.69) is 0 Å². The van der Waals surface area contributed by atoms with Gasteiger partial charge in [0.05, 0.1) is 6.10 Å². The minimum atomic E-state index is -0.532. The molecule has 0 amide bonds. The lowest BCUT2D eigenvalue weighted by molar-refractivity contribution is 0.102. The quantitative estimate of drug-likeness (QED) is 0.804. The van der Waals surface area contributed by atoms with Crippen LogP contribution in [0.2, 0.25) is 0 Å². The van der Waals surface area contributed by atoms with Gasteiger partial charge in [0, 0.05) is 0 Å². The molecule has 1 aromatic rings. The summed E-state index contributed by atoms with van der Waals surface area (Å²) in [5.74, 6) is -0.145. The molecule has 0 aliphatic carbocycles. The predicted molar refractivity (Wildman–Crippen MR) is 52.9 cm³/mol. The number of aryl methyl sites for hydroxylation is 1. The van der Waals surface area contributed by atoms with E-state index in [0.717, 1.165) is 0 Å². The van der Waals surface area contributed by atoms with Crippen molar-refractivity contribution in [2.75, 3.05) is 6.61 Å². The molecule has 0 aliphatic heterocycles. The molecule has 78 valence electrons. The van der Waals surface area contributed by atoms with Crippen molar-refractivity contribution in [3.05, 3.63) is 29.6 Å². The highest BCUT2D eigenvalue weighted by molar-refractivity contribution is 5.30. The van der Waals surface area contributed by atoms with E-state index < -0.39 is 6.10 Å². The van der Waals surface area contributed by atoms with Gasteiger partial charge in [-0.1, -0.05) is 19.1 Å². The molecule has 0 radical (unpaired) electrons. The van der Waals surface area contributed by atoms with E-state index in [1.54, 1.807) is 25.1 Å².